The summed E-state index contributed by atoms with van der Waals surface area (Å²) in [5.74, 6) is -0.446. The van der Waals surface area contributed by atoms with Crippen LogP contribution in [0.3, 0.4) is 0 Å². The lowest BCUT2D eigenvalue weighted by Gasteiger charge is -2.20. The Balaban J connectivity index is 2.27. The van der Waals surface area contributed by atoms with Crippen LogP contribution in [0.1, 0.15) is 64.7 Å². The molecule has 1 atom stereocenters. The molecule has 0 aromatic rings. The first-order valence-corrected chi connectivity index (χ1v) is 6.93. The van der Waals surface area contributed by atoms with E-state index in [2.05, 4.69) is 6.92 Å². The topological polar surface area (TPSA) is 54.5 Å². The van der Waals surface area contributed by atoms with Crippen molar-refractivity contribution in [3.8, 4) is 0 Å². The second kappa shape index (κ2) is 8.01. The number of amides is 2. The SMILES string of the molecule is CCCCCCCCC([C]=O)N1C(=O)CCC1=O. The van der Waals surface area contributed by atoms with Crippen molar-refractivity contribution in [3.63, 3.8) is 0 Å². The largest absolute Gasteiger partial charge is 0.288 e. The van der Waals surface area contributed by atoms with Crippen LogP contribution in [0.4, 0.5) is 0 Å². The third kappa shape index (κ3) is 4.24. The number of carbonyl (C=O) groups is 2. The molecular formula is C14H22NO3. The summed E-state index contributed by atoms with van der Waals surface area (Å²) in [6.45, 7) is 2.17. The molecule has 4 nitrogen and oxygen atoms in total. The second-order valence-electron chi connectivity index (χ2n) is 4.85. The Kier molecular flexibility index (Phi) is 6.61. The van der Waals surface area contributed by atoms with Crippen molar-refractivity contribution in [2.24, 2.45) is 0 Å². The summed E-state index contributed by atoms with van der Waals surface area (Å²) in [6, 6.07) is -0.654. The molecule has 18 heavy (non-hydrogen) atoms. The van der Waals surface area contributed by atoms with E-state index >= 15 is 0 Å². The maximum atomic E-state index is 11.5. The third-order valence-corrected chi connectivity index (χ3v) is 3.37. The number of unbranched alkanes of at least 4 members (excludes halogenated alkanes) is 5. The molecule has 1 aliphatic rings. The van der Waals surface area contributed by atoms with Gasteiger partial charge >= 0.3 is 0 Å². The normalized spacial score (nSPS) is 17.3. The molecule has 101 valence electrons. The summed E-state index contributed by atoms with van der Waals surface area (Å²) in [5.41, 5.74) is 0. The Morgan fingerprint density at radius 2 is 1.61 bits per heavy atom. The van der Waals surface area contributed by atoms with Gasteiger partial charge in [-0.1, -0.05) is 45.4 Å². The van der Waals surface area contributed by atoms with Crippen LogP contribution in [-0.4, -0.2) is 29.0 Å². The van der Waals surface area contributed by atoms with Crippen LogP contribution in [0, 0.1) is 0 Å². The lowest BCUT2D eigenvalue weighted by Crippen LogP contribution is -2.40. The van der Waals surface area contributed by atoms with Gasteiger partial charge in [-0.3, -0.25) is 19.3 Å². The number of imide groups is 1. The molecule has 0 aromatic heterocycles. The summed E-state index contributed by atoms with van der Waals surface area (Å²) in [5, 5.41) is 0. The predicted octanol–water partition coefficient (Wildman–Crippen LogP) is 2.36. The van der Waals surface area contributed by atoms with Gasteiger partial charge in [-0.25, -0.2) is 0 Å². The van der Waals surface area contributed by atoms with Gasteiger partial charge in [0.1, 0.15) is 6.04 Å². The lowest BCUT2D eigenvalue weighted by molar-refractivity contribution is -0.139. The van der Waals surface area contributed by atoms with E-state index in [0.717, 1.165) is 24.2 Å². The molecule has 1 fully saturated rings. The van der Waals surface area contributed by atoms with Gasteiger partial charge in [-0.2, -0.15) is 0 Å². The average Bonchev–Trinajstić information content (AvgIpc) is 2.69. The van der Waals surface area contributed by atoms with Crippen LogP contribution in [0.5, 0.6) is 0 Å². The van der Waals surface area contributed by atoms with E-state index in [0.29, 0.717) is 6.42 Å². The second-order valence-corrected chi connectivity index (χ2v) is 4.85. The fourth-order valence-corrected chi connectivity index (χ4v) is 2.30. The third-order valence-electron chi connectivity index (χ3n) is 3.37. The summed E-state index contributed by atoms with van der Waals surface area (Å²) < 4.78 is 0. The highest BCUT2D eigenvalue weighted by molar-refractivity contribution is 6.03. The van der Waals surface area contributed by atoms with E-state index in [1.54, 1.807) is 0 Å². The zero-order valence-corrected chi connectivity index (χ0v) is 11.1. The van der Waals surface area contributed by atoms with Crippen LogP contribution in [0.25, 0.3) is 0 Å². The summed E-state index contributed by atoms with van der Waals surface area (Å²) in [7, 11) is 0. The first kappa shape index (κ1) is 14.9. The number of hydrogen-bond acceptors (Lipinski definition) is 3. The molecule has 1 rings (SSSR count). The van der Waals surface area contributed by atoms with E-state index in [9.17, 15) is 14.4 Å². The molecule has 2 amide bonds. The molecule has 0 N–H and O–H groups in total. The zero-order chi connectivity index (χ0) is 13.4. The Morgan fingerprint density at radius 1 is 1.06 bits per heavy atom. The van der Waals surface area contributed by atoms with Gasteiger partial charge in [0.15, 0.2) is 0 Å². The highest BCUT2D eigenvalue weighted by Crippen LogP contribution is 2.18. The Bertz CT molecular complexity index is 285. The fraction of sp³-hybridized carbons (Fsp3) is 0.786. The standard InChI is InChI=1S/C14H22NO3/c1-2-3-4-5-6-7-8-12(11-16)15-13(17)9-10-14(15)18/h12H,2-10H2,1H3. The van der Waals surface area contributed by atoms with Gasteiger partial charge in [-0.15, -0.1) is 0 Å². The number of hydrogen-bond donors (Lipinski definition) is 0. The molecule has 0 bridgehead atoms. The van der Waals surface area contributed by atoms with Gasteiger partial charge < -0.3 is 0 Å². The summed E-state index contributed by atoms with van der Waals surface area (Å²) in [4.78, 5) is 35.0. The maximum Gasteiger partial charge on any atom is 0.230 e. The summed E-state index contributed by atoms with van der Waals surface area (Å²) >= 11 is 0. The maximum absolute atomic E-state index is 11.5. The summed E-state index contributed by atoms with van der Waals surface area (Å²) in [6.07, 6.45) is 9.64. The first-order chi connectivity index (χ1) is 8.70. The lowest BCUT2D eigenvalue weighted by atomic mass is 10.1. The van der Waals surface area contributed by atoms with E-state index in [4.69, 9.17) is 0 Å². The number of likely N-dealkylation sites (tertiary alicyclic amines) is 1. The van der Waals surface area contributed by atoms with Gasteiger partial charge in [0.05, 0.1) is 0 Å². The van der Waals surface area contributed by atoms with Gasteiger partial charge in [-0.05, 0) is 6.42 Å². The van der Waals surface area contributed by atoms with Crippen molar-refractivity contribution in [2.75, 3.05) is 0 Å². The average molecular weight is 252 g/mol. The minimum Gasteiger partial charge on any atom is -0.288 e. The molecule has 0 saturated carbocycles. The van der Waals surface area contributed by atoms with Gasteiger partial charge in [0, 0.05) is 12.8 Å². The number of nitrogens with zero attached hydrogens (tertiary/aromatic N) is 1. The van der Waals surface area contributed by atoms with Gasteiger partial charge in [0.25, 0.3) is 0 Å². The molecule has 0 spiro atoms. The molecule has 0 aliphatic carbocycles. The minimum absolute atomic E-state index is 0.223. The van der Waals surface area contributed by atoms with E-state index < -0.39 is 6.04 Å². The molecular weight excluding hydrogens is 230 g/mol. The number of rotatable bonds is 9. The van der Waals surface area contributed by atoms with Crippen molar-refractivity contribution in [2.45, 2.75) is 70.8 Å². The molecule has 0 aromatic carbocycles. The first-order valence-electron chi connectivity index (χ1n) is 6.93. The highest BCUT2D eigenvalue weighted by Gasteiger charge is 2.34. The molecule has 1 radical (unpaired) electrons. The Hall–Kier alpha value is -1.19. The number of carbonyl (C=O) groups excluding carboxylic acids is 3. The predicted molar refractivity (Wildman–Crippen MR) is 68.6 cm³/mol. The van der Waals surface area contributed by atoms with Crippen molar-refractivity contribution in [3.05, 3.63) is 0 Å². The molecule has 4 heteroatoms. The van der Waals surface area contributed by atoms with Crippen LogP contribution in [-0.2, 0) is 14.4 Å². The smallest absolute Gasteiger partial charge is 0.230 e. The van der Waals surface area contributed by atoms with E-state index in [1.165, 1.54) is 19.3 Å². The van der Waals surface area contributed by atoms with Crippen LogP contribution < -0.4 is 0 Å². The monoisotopic (exact) mass is 252 g/mol. The quantitative estimate of drug-likeness (QED) is 0.467. The van der Waals surface area contributed by atoms with Crippen LogP contribution >= 0.6 is 0 Å². The van der Waals surface area contributed by atoms with Crippen molar-refractivity contribution in [1.29, 1.82) is 0 Å². The molecule has 1 saturated heterocycles. The molecule has 1 heterocycles. The van der Waals surface area contributed by atoms with Crippen LogP contribution in [0.15, 0.2) is 0 Å². The highest BCUT2D eigenvalue weighted by atomic mass is 16.2. The van der Waals surface area contributed by atoms with Gasteiger partial charge in [0.2, 0.25) is 18.1 Å². The Morgan fingerprint density at radius 3 is 2.17 bits per heavy atom. The van der Waals surface area contributed by atoms with Crippen molar-refractivity contribution >= 4 is 18.1 Å². The zero-order valence-electron chi connectivity index (χ0n) is 11.1. The fourth-order valence-electron chi connectivity index (χ4n) is 2.30. The van der Waals surface area contributed by atoms with E-state index in [-0.39, 0.29) is 24.7 Å². The van der Waals surface area contributed by atoms with E-state index in [1.807, 2.05) is 6.29 Å². The minimum atomic E-state index is -0.654. The van der Waals surface area contributed by atoms with Crippen molar-refractivity contribution in [1.82, 2.24) is 4.90 Å². The molecule has 1 unspecified atom stereocenters. The molecule has 1 aliphatic heterocycles. The van der Waals surface area contributed by atoms with Crippen molar-refractivity contribution < 1.29 is 14.4 Å². The Labute approximate surface area is 109 Å². The van der Waals surface area contributed by atoms with Crippen LogP contribution in [0.2, 0.25) is 0 Å².